The average molecular weight is 475 g/mol. The van der Waals surface area contributed by atoms with Crippen molar-refractivity contribution in [3.8, 4) is 10.7 Å². The number of sulfonamides is 1. The van der Waals surface area contributed by atoms with Crippen LogP contribution in [0.25, 0.3) is 10.7 Å². The van der Waals surface area contributed by atoms with E-state index in [1.165, 1.54) is 15.6 Å². The van der Waals surface area contributed by atoms with E-state index in [1.807, 2.05) is 31.4 Å². The number of rotatable bonds is 8. The Balaban J connectivity index is 1.47. The van der Waals surface area contributed by atoms with Crippen molar-refractivity contribution in [2.75, 3.05) is 24.5 Å². The number of hydrogen-bond donors (Lipinski definition) is 0. The fourth-order valence-electron chi connectivity index (χ4n) is 3.92. The number of benzene rings is 1. The van der Waals surface area contributed by atoms with E-state index < -0.39 is 10.0 Å². The van der Waals surface area contributed by atoms with Gasteiger partial charge in [-0.3, -0.25) is 4.79 Å². The van der Waals surface area contributed by atoms with Crippen LogP contribution in [0, 0.1) is 0 Å². The van der Waals surface area contributed by atoms with Gasteiger partial charge in [-0.05, 0) is 48.1 Å². The highest BCUT2D eigenvalue weighted by Crippen LogP contribution is 2.31. The molecule has 10 heteroatoms. The van der Waals surface area contributed by atoms with Crippen molar-refractivity contribution in [1.82, 2.24) is 14.4 Å². The highest BCUT2D eigenvalue weighted by molar-refractivity contribution is 7.89. The van der Waals surface area contributed by atoms with Gasteiger partial charge in [0.25, 0.3) is 0 Å². The van der Waals surface area contributed by atoms with E-state index in [0.717, 1.165) is 29.0 Å². The van der Waals surface area contributed by atoms with Crippen molar-refractivity contribution >= 4 is 33.0 Å². The van der Waals surface area contributed by atoms with Crippen LogP contribution in [0.4, 0.5) is 5.69 Å². The van der Waals surface area contributed by atoms with Gasteiger partial charge >= 0.3 is 0 Å². The molecule has 3 heterocycles. The van der Waals surface area contributed by atoms with Crippen LogP contribution in [0.5, 0.6) is 0 Å². The van der Waals surface area contributed by atoms with Gasteiger partial charge in [-0.1, -0.05) is 25.1 Å². The largest absolute Gasteiger partial charge is 0.339 e. The van der Waals surface area contributed by atoms with Gasteiger partial charge in [0, 0.05) is 38.2 Å². The Morgan fingerprint density at radius 2 is 2.06 bits per heavy atom. The predicted octanol–water partition coefficient (Wildman–Crippen LogP) is 3.74. The molecule has 3 aromatic rings. The normalized spacial score (nSPS) is 14.0. The molecule has 0 fully saturated rings. The molecule has 1 amide bonds. The number of thiophene rings is 1. The average Bonchev–Trinajstić information content (AvgIpc) is 3.49. The van der Waals surface area contributed by atoms with Gasteiger partial charge in [0.2, 0.25) is 27.6 Å². The topological polar surface area (TPSA) is 96.6 Å². The first-order chi connectivity index (χ1) is 15.4. The second-order valence-corrected chi connectivity index (χ2v) is 10.4. The Kier molecular flexibility index (Phi) is 6.73. The molecule has 0 saturated heterocycles. The summed E-state index contributed by atoms with van der Waals surface area (Å²) in [6.45, 7) is 5.10. The predicted molar refractivity (Wildman–Crippen MR) is 123 cm³/mol. The van der Waals surface area contributed by atoms with Crippen molar-refractivity contribution in [2.24, 2.45) is 0 Å². The third-order valence-corrected chi connectivity index (χ3v) is 8.49. The highest BCUT2D eigenvalue weighted by Gasteiger charge is 2.27. The van der Waals surface area contributed by atoms with Crippen LogP contribution < -0.4 is 4.90 Å². The third kappa shape index (κ3) is 4.48. The van der Waals surface area contributed by atoms with Crippen LogP contribution in [0.3, 0.4) is 0 Å². The summed E-state index contributed by atoms with van der Waals surface area (Å²) in [5.41, 5.74) is 1.67. The summed E-state index contributed by atoms with van der Waals surface area (Å²) in [6, 6.07) is 8.91. The lowest BCUT2D eigenvalue weighted by atomic mass is 10.0. The van der Waals surface area contributed by atoms with Crippen LogP contribution in [0.2, 0.25) is 0 Å². The zero-order valence-corrected chi connectivity index (χ0v) is 19.8. The molecule has 170 valence electrons. The summed E-state index contributed by atoms with van der Waals surface area (Å²) in [5, 5.41) is 5.93. The Labute approximate surface area is 191 Å². The molecule has 0 N–H and O–H groups in total. The summed E-state index contributed by atoms with van der Waals surface area (Å²) in [6.07, 6.45) is 2.13. The quantitative estimate of drug-likeness (QED) is 0.493. The van der Waals surface area contributed by atoms with Gasteiger partial charge in [0.1, 0.15) is 0 Å². The Morgan fingerprint density at radius 1 is 1.25 bits per heavy atom. The number of aromatic nitrogens is 2. The first-order valence-electron chi connectivity index (χ1n) is 10.7. The lowest BCUT2D eigenvalue weighted by Crippen LogP contribution is -2.36. The van der Waals surface area contributed by atoms with Crippen LogP contribution in [0.1, 0.15) is 38.1 Å². The number of carbonyl (C=O) groups is 1. The summed E-state index contributed by atoms with van der Waals surface area (Å²) < 4.78 is 32.5. The van der Waals surface area contributed by atoms with E-state index in [4.69, 9.17) is 4.52 Å². The van der Waals surface area contributed by atoms with Crippen LogP contribution in [-0.4, -0.2) is 48.4 Å². The summed E-state index contributed by atoms with van der Waals surface area (Å²) in [4.78, 5) is 20.3. The molecule has 32 heavy (non-hydrogen) atoms. The zero-order chi connectivity index (χ0) is 22.7. The van der Waals surface area contributed by atoms with Gasteiger partial charge in [-0.2, -0.15) is 9.29 Å². The van der Waals surface area contributed by atoms with Crippen LogP contribution >= 0.6 is 11.3 Å². The lowest BCUT2D eigenvalue weighted by Gasteiger charge is -2.30. The number of hydrogen-bond acceptors (Lipinski definition) is 7. The number of nitrogens with zero attached hydrogens (tertiary/aromatic N) is 4. The molecule has 4 rings (SSSR count). The lowest BCUT2D eigenvalue weighted by molar-refractivity contribution is -0.118. The molecule has 0 aliphatic carbocycles. The molecule has 1 aliphatic heterocycles. The SMILES string of the molecule is CCN(CC)S(=O)(=O)c1ccc2c(c1)CCCN2C(=O)CCc1nc(-c2cccs2)no1. The van der Waals surface area contributed by atoms with Crippen molar-refractivity contribution in [1.29, 1.82) is 0 Å². The summed E-state index contributed by atoms with van der Waals surface area (Å²) in [7, 11) is -3.53. The highest BCUT2D eigenvalue weighted by atomic mass is 32.2. The van der Waals surface area contributed by atoms with E-state index in [2.05, 4.69) is 10.1 Å². The number of carbonyl (C=O) groups excluding carboxylic acids is 1. The van der Waals surface area contributed by atoms with Gasteiger partial charge in [0.15, 0.2) is 0 Å². The molecule has 0 bridgehead atoms. The molecular weight excluding hydrogens is 448 g/mol. The molecule has 8 nitrogen and oxygen atoms in total. The molecule has 0 spiro atoms. The number of aryl methyl sites for hydroxylation is 2. The summed E-state index contributed by atoms with van der Waals surface area (Å²) in [5.74, 6) is 0.925. The monoisotopic (exact) mass is 474 g/mol. The van der Waals surface area contributed by atoms with Crippen LogP contribution in [0.15, 0.2) is 45.1 Å². The fourth-order valence-corrected chi connectivity index (χ4v) is 6.08. The minimum absolute atomic E-state index is 0.0406. The first kappa shape index (κ1) is 22.6. The van der Waals surface area contributed by atoms with Gasteiger partial charge in [-0.25, -0.2) is 8.42 Å². The van der Waals surface area contributed by atoms with Crippen molar-refractivity contribution in [2.45, 2.75) is 44.4 Å². The maximum atomic E-state index is 13.0. The molecule has 0 saturated carbocycles. The number of anilines is 1. The van der Waals surface area contributed by atoms with E-state index >= 15 is 0 Å². The second-order valence-electron chi connectivity index (χ2n) is 7.52. The maximum absolute atomic E-state index is 13.0. The number of amides is 1. The Hall–Kier alpha value is -2.56. The minimum atomic E-state index is -3.53. The van der Waals surface area contributed by atoms with E-state index in [1.54, 1.807) is 23.1 Å². The first-order valence-corrected chi connectivity index (χ1v) is 13.1. The summed E-state index contributed by atoms with van der Waals surface area (Å²) >= 11 is 1.53. The molecule has 0 radical (unpaired) electrons. The van der Waals surface area contributed by atoms with Crippen LogP contribution in [-0.2, 0) is 27.7 Å². The third-order valence-electron chi connectivity index (χ3n) is 5.58. The Bertz CT molecular complexity index is 1180. The smallest absolute Gasteiger partial charge is 0.243 e. The van der Waals surface area contributed by atoms with Crippen molar-refractivity contribution in [3.63, 3.8) is 0 Å². The van der Waals surface area contributed by atoms with Crippen molar-refractivity contribution in [3.05, 3.63) is 47.2 Å². The maximum Gasteiger partial charge on any atom is 0.243 e. The van der Waals surface area contributed by atoms with Crippen molar-refractivity contribution < 1.29 is 17.7 Å². The number of fused-ring (bicyclic) bond motifs is 1. The van der Waals surface area contributed by atoms with Gasteiger partial charge in [-0.15, -0.1) is 11.3 Å². The minimum Gasteiger partial charge on any atom is -0.339 e. The molecule has 0 unspecified atom stereocenters. The molecule has 2 aromatic heterocycles. The van der Waals surface area contributed by atoms with E-state index in [9.17, 15) is 13.2 Å². The zero-order valence-electron chi connectivity index (χ0n) is 18.2. The molecule has 1 aliphatic rings. The standard InChI is InChI=1S/C22H26N4O4S2/c1-3-25(4-2)32(28,29)17-9-10-18-16(15-17)7-5-13-26(18)21(27)12-11-20-23-22(24-30-20)19-8-6-14-31-19/h6,8-10,14-15H,3-5,7,11-13H2,1-2H3. The van der Waals surface area contributed by atoms with Gasteiger partial charge < -0.3 is 9.42 Å². The molecule has 1 aromatic carbocycles. The van der Waals surface area contributed by atoms with E-state index in [0.29, 0.717) is 37.8 Å². The van der Waals surface area contributed by atoms with Gasteiger partial charge in [0.05, 0.1) is 9.77 Å². The molecule has 0 atom stereocenters. The second kappa shape index (κ2) is 9.51. The fraction of sp³-hybridized carbons (Fsp3) is 0.409. The molecular formula is C22H26N4O4S2. The Morgan fingerprint density at radius 3 is 2.78 bits per heavy atom. The van der Waals surface area contributed by atoms with E-state index in [-0.39, 0.29) is 17.2 Å².